The van der Waals surface area contributed by atoms with Gasteiger partial charge in [0.05, 0.1) is 0 Å². The summed E-state index contributed by atoms with van der Waals surface area (Å²) in [4.78, 5) is 12.1. The fourth-order valence-corrected chi connectivity index (χ4v) is 2.21. The van der Waals surface area contributed by atoms with Crippen molar-refractivity contribution in [3.63, 3.8) is 0 Å². The van der Waals surface area contributed by atoms with Crippen LogP contribution in [0.2, 0.25) is 5.02 Å². The van der Waals surface area contributed by atoms with Gasteiger partial charge in [0.25, 0.3) is 5.91 Å². The topological polar surface area (TPSA) is 47.6 Å². The number of amides is 1. The van der Waals surface area contributed by atoms with Crippen LogP contribution in [0.25, 0.3) is 0 Å². The molecule has 4 nitrogen and oxygen atoms in total. The highest BCUT2D eigenvalue weighted by Gasteiger charge is 2.16. The summed E-state index contributed by atoms with van der Waals surface area (Å²) in [6.45, 7) is 0.373. The van der Waals surface area contributed by atoms with Crippen molar-refractivity contribution < 1.29 is 18.7 Å². The van der Waals surface area contributed by atoms with E-state index in [1.165, 1.54) is 18.2 Å². The van der Waals surface area contributed by atoms with Crippen LogP contribution in [0.4, 0.5) is 4.39 Å². The number of hydrogen-bond acceptors (Lipinski definition) is 3. The Morgan fingerprint density at radius 1 is 1.19 bits per heavy atom. The smallest absolute Gasteiger partial charge is 0.251 e. The highest BCUT2D eigenvalue weighted by Crippen LogP contribution is 2.32. The number of benzene rings is 2. The zero-order valence-corrected chi connectivity index (χ0v) is 11.6. The van der Waals surface area contributed by atoms with Crippen molar-refractivity contribution in [2.45, 2.75) is 6.54 Å². The minimum absolute atomic E-state index is 0.158. The first-order chi connectivity index (χ1) is 10.1. The fraction of sp³-hybridized carbons (Fsp3) is 0.133. The normalized spacial score (nSPS) is 12.3. The van der Waals surface area contributed by atoms with Gasteiger partial charge in [-0.1, -0.05) is 17.7 Å². The second-order valence-electron chi connectivity index (χ2n) is 4.49. The Kier molecular flexibility index (Phi) is 3.66. The highest BCUT2D eigenvalue weighted by molar-refractivity contribution is 6.31. The van der Waals surface area contributed by atoms with Gasteiger partial charge in [0.15, 0.2) is 11.5 Å². The van der Waals surface area contributed by atoms with Gasteiger partial charge in [-0.3, -0.25) is 4.79 Å². The van der Waals surface area contributed by atoms with Gasteiger partial charge in [0.1, 0.15) is 5.82 Å². The van der Waals surface area contributed by atoms with Crippen molar-refractivity contribution in [1.29, 1.82) is 0 Å². The van der Waals surface area contributed by atoms with Crippen LogP contribution in [0.15, 0.2) is 36.4 Å². The minimum Gasteiger partial charge on any atom is -0.454 e. The molecule has 108 valence electrons. The molecule has 1 aliphatic rings. The quantitative estimate of drug-likeness (QED) is 0.947. The molecule has 0 unspecified atom stereocenters. The number of hydrogen-bond donors (Lipinski definition) is 1. The number of halogens is 2. The Morgan fingerprint density at radius 3 is 2.81 bits per heavy atom. The Morgan fingerprint density at radius 2 is 2.00 bits per heavy atom. The van der Waals surface area contributed by atoms with Crippen LogP contribution < -0.4 is 14.8 Å². The largest absolute Gasteiger partial charge is 0.454 e. The van der Waals surface area contributed by atoms with E-state index < -0.39 is 5.82 Å². The summed E-state index contributed by atoms with van der Waals surface area (Å²) in [5, 5.41) is 3.00. The van der Waals surface area contributed by atoms with Gasteiger partial charge < -0.3 is 14.8 Å². The van der Waals surface area contributed by atoms with Crippen LogP contribution in [-0.4, -0.2) is 12.7 Å². The van der Waals surface area contributed by atoms with Gasteiger partial charge in [-0.2, -0.15) is 0 Å². The van der Waals surface area contributed by atoms with Crippen LogP contribution in [0.3, 0.4) is 0 Å². The maximum absolute atomic E-state index is 12.9. The van der Waals surface area contributed by atoms with Gasteiger partial charge in [-0.05, 0) is 35.9 Å². The number of fused-ring (bicyclic) bond motifs is 1. The molecule has 6 heteroatoms. The van der Waals surface area contributed by atoms with Crippen LogP contribution >= 0.6 is 11.6 Å². The van der Waals surface area contributed by atoms with Gasteiger partial charge in [-0.25, -0.2) is 4.39 Å². The van der Waals surface area contributed by atoms with Crippen LogP contribution in [0, 0.1) is 5.82 Å². The average molecular weight is 308 g/mol. The molecule has 0 spiro atoms. The Hall–Kier alpha value is -2.27. The molecule has 2 aromatic carbocycles. The second kappa shape index (κ2) is 5.61. The maximum atomic E-state index is 12.9. The van der Waals surface area contributed by atoms with Crippen molar-refractivity contribution >= 4 is 17.5 Å². The van der Waals surface area contributed by atoms with Crippen molar-refractivity contribution in [3.05, 3.63) is 58.4 Å². The molecule has 0 bridgehead atoms. The lowest BCUT2D eigenvalue weighted by Crippen LogP contribution is -2.22. The van der Waals surface area contributed by atoms with E-state index in [-0.39, 0.29) is 24.3 Å². The third kappa shape index (κ3) is 2.92. The van der Waals surface area contributed by atoms with Crippen LogP contribution in [0.1, 0.15) is 15.9 Å². The second-order valence-corrected chi connectivity index (χ2v) is 4.89. The Labute approximate surface area is 125 Å². The minimum atomic E-state index is -0.411. The van der Waals surface area contributed by atoms with Gasteiger partial charge in [-0.15, -0.1) is 0 Å². The molecule has 0 radical (unpaired) electrons. The monoisotopic (exact) mass is 307 g/mol. The highest BCUT2D eigenvalue weighted by atomic mass is 35.5. The molecule has 0 aliphatic carbocycles. The SMILES string of the molecule is O=C(NCc1ccc(F)cc1Cl)c1ccc2c(c1)OCO2. The van der Waals surface area contributed by atoms with E-state index in [4.69, 9.17) is 21.1 Å². The van der Waals surface area contributed by atoms with Crippen LogP contribution in [0.5, 0.6) is 11.5 Å². The van der Waals surface area contributed by atoms with E-state index in [0.717, 1.165) is 0 Å². The van der Waals surface area contributed by atoms with E-state index in [2.05, 4.69) is 5.32 Å². The van der Waals surface area contributed by atoms with Crippen LogP contribution in [-0.2, 0) is 6.54 Å². The van der Waals surface area contributed by atoms with Crippen molar-refractivity contribution in [2.24, 2.45) is 0 Å². The molecule has 0 fully saturated rings. The molecular weight excluding hydrogens is 297 g/mol. The predicted octanol–water partition coefficient (Wildman–Crippen LogP) is 3.14. The number of rotatable bonds is 3. The lowest BCUT2D eigenvalue weighted by molar-refractivity contribution is 0.0950. The number of nitrogens with one attached hydrogen (secondary N) is 1. The Bertz CT molecular complexity index is 705. The van der Waals surface area contributed by atoms with Crippen molar-refractivity contribution in [1.82, 2.24) is 5.32 Å². The van der Waals surface area contributed by atoms with E-state index in [1.807, 2.05) is 0 Å². The predicted molar refractivity (Wildman–Crippen MR) is 75.1 cm³/mol. The Balaban J connectivity index is 1.69. The number of carbonyl (C=O) groups is 1. The summed E-state index contributed by atoms with van der Waals surface area (Å²) in [6.07, 6.45) is 0. The van der Waals surface area contributed by atoms with Gasteiger partial charge in [0.2, 0.25) is 6.79 Å². The summed E-state index contributed by atoms with van der Waals surface area (Å²) >= 11 is 5.91. The van der Waals surface area contributed by atoms with E-state index in [9.17, 15) is 9.18 Å². The first-order valence-corrected chi connectivity index (χ1v) is 6.63. The standard InChI is InChI=1S/C15H11ClFNO3/c16-12-6-11(17)3-1-10(12)7-18-15(19)9-2-4-13-14(5-9)21-8-20-13/h1-6H,7-8H2,(H,18,19). The summed E-state index contributed by atoms with van der Waals surface area (Å²) in [7, 11) is 0. The zero-order valence-electron chi connectivity index (χ0n) is 10.9. The number of ether oxygens (including phenoxy) is 2. The first kappa shape index (κ1) is 13.7. The van der Waals surface area contributed by atoms with Crippen molar-refractivity contribution in [2.75, 3.05) is 6.79 Å². The molecule has 0 aromatic heterocycles. The third-order valence-corrected chi connectivity index (χ3v) is 3.44. The lowest BCUT2D eigenvalue weighted by Gasteiger charge is -2.07. The molecule has 0 atom stereocenters. The van der Waals surface area contributed by atoms with E-state index in [0.29, 0.717) is 22.6 Å². The molecule has 1 aliphatic heterocycles. The molecule has 0 saturated carbocycles. The number of carbonyl (C=O) groups excluding carboxylic acids is 1. The molecule has 1 N–H and O–H groups in total. The molecule has 1 amide bonds. The molecule has 2 aromatic rings. The summed E-state index contributed by atoms with van der Waals surface area (Å²) in [5.74, 6) is 0.482. The molecule has 0 saturated heterocycles. The van der Waals surface area contributed by atoms with Gasteiger partial charge in [0, 0.05) is 17.1 Å². The first-order valence-electron chi connectivity index (χ1n) is 6.25. The molecule has 3 rings (SSSR count). The lowest BCUT2D eigenvalue weighted by atomic mass is 10.1. The van der Waals surface area contributed by atoms with Crippen molar-refractivity contribution in [3.8, 4) is 11.5 Å². The molecule has 1 heterocycles. The summed E-state index contributed by atoms with van der Waals surface area (Å²) in [5.41, 5.74) is 1.10. The van der Waals surface area contributed by atoms with E-state index >= 15 is 0 Å². The summed E-state index contributed by atoms with van der Waals surface area (Å²) < 4.78 is 23.3. The molecule has 21 heavy (non-hydrogen) atoms. The third-order valence-electron chi connectivity index (χ3n) is 3.09. The van der Waals surface area contributed by atoms with Gasteiger partial charge >= 0.3 is 0 Å². The summed E-state index contributed by atoms with van der Waals surface area (Å²) in [6, 6.07) is 9.00. The zero-order chi connectivity index (χ0) is 14.8. The molecular formula is C15H11ClFNO3. The fourth-order valence-electron chi connectivity index (χ4n) is 1.98. The van der Waals surface area contributed by atoms with E-state index in [1.54, 1.807) is 18.2 Å². The maximum Gasteiger partial charge on any atom is 0.251 e. The average Bonchev–Trinajstić information content (AvgIpc) is 2.93.